The Balaban J connectivity index is 3.09. The van der Waals surface area contributed by atoms with E-state index in [-0.39, 0.29) is 17.9 Å². The molecule has 0 saturated carbocycles. The van der Waals surface area contributed by atoms with Gasteiger partial charge in [0.2, 0.25) is 0 Å². The van der Waals surface area contributed by atoms with Crippen molar-refractivity contribution < 1.29 is 4.39 Å². The Morgan fingerprint density at radius 1 is 1.00 bits per heavy atom. The van der Waals surface area contributed by atoms with E-state index in [1.54, 1.807) is 0 Å². The first-order valence-electron chi connectivity index (χ1n) is 8.10. The van der Waals surface area contributed by atoms with Crippen LogP contribution in [0.15, 0.2) is 24.3 Å². The molecule has 0 spiro atoms. The summed E-state index contributed by atoms with van der Waals surface area (Å²) < 4.78 is 13.2. The second kappa shape index (κ2) is 8.50. The number of rotatable bonds is 8. The lowest BCUT2D eigenvalue weighted by atomic mass is 9.94. The number of hydrogen-bond acceptors (Lipinski definition) is 2. The molecule has 0 fully saturated rings. The zero-order chi connectivity index (χ0) is 16.0. The third-order valence-electron chi connectivity index (χ3n) is 3.68. The summed E-state index contributed by atoms with van der Waals surface area (Å²) in [7, 11) is 0. The Labute approximate surface area is 129 Å². The Bertz CT molecular complexity index is 390. The van der Waals surface area contributed by atoms with Crippen LogP contribution >= 0.6 is 0 Å². The number of halogens is 1. The van der Waals surface area contributed by atoms with Gasteiger partial charge in [-0.2, -0.15) is 0 Å². The molecular formula is C18H31FN2. The van der Waals surface area contributed by atoms with Crippen LogP contribution in [0.5, 0.6) is 0 Å². The van der Waals surface area contributed by atoms with Gasteiger partial charge in [0.15, 0.2) is 0 Å². The Kier molecular flexibility index (Phi) is 7.33. The molecule has 1 rings (SSSR count). The van der Waals surface area contributed by atoms with E-state index >= 15 is 0 Å². The molecule has 2 unspecified atom stereocenters. The van der Waals surface area contributed by atoms with Gasteiger partial charge in [0.05, 0.1) is 0 Å². The van der Waals surface area contributed by atoms with Crippen molar-refractivity contribution in [2.24, 2.45) is 17.6 Å². The van der Waals surface area contributed by atoms with E-state index in [4.69, 9.17) is 5.73 Å². The van der Waals surface area contributed by atoms with Crippen molar-refractivity contribution in [1.29, 1.82) is 0 Å². The lowest BCUT2D eigenvalue weighted by Crippen LogP contribution is -2.44. The second-order valence-electron chi connectivity index (χ2n) is 6.81. The minimum absolute atomic E-state index is 0.0629. The van der Waals surface area contributed by atoms with Crippen molar-refractivity contribution in [1.82, 2.24) is 4.90 Å². The molecule has 0 aliphatic rings. The van der Waals surface area contributed by atoms with Gasteiger partial charge in [-0.25, -0.2) is 4.39 Å². The molecule has 0 heterocycles. The quantitative estimate of drug-likeness (QED) is 0.778. The molecule has 1 aromatic rings. The van der Waals surface area contributed by atoms with Crippen molar-refractivity contribution in [2.75, 3.05) is 13.1 Å². The third-order valence-corrected chi connectivity index (χ3v) is 3.68. The Hall–Kier alpha value is -0.930. The molecule has 2 N–H and O–H groups in total. The molecule has 2 nitrogen and oxygen atoms in total. The van der Waals surface area contributed by atoms with E-state index in [9.17, 15) is 4.39 Å². The minimum atomic E-state index is -0.193. The highest BCUT2D eigenvalue weighted by molar-refractivity contribution is 5.21. The SMILES string of the molecule is CCC(N)C(c1ccc(F)cc1)N(CC(C)C)CC(C)C. The van der Waals surface area contributed by atoms with Gasteiger partial charge in [-0.05, 0) is 36.0 Å². The summed E-state index contributed by atoms with van der Waals surface area (Å²) >= 11 is 0. The third kappa shape index (κ3) is 5.76. The van der Waals surface area contributed by atoms with Crippen LogP contribution in [0, 0.1) is 17.7 Å². The number of nitrogens with zero attached hydrogens (tertiary/aromatic N) is 1. The van der Waals surface area contributed by atoms with Gasteiger partial charge in [-0.3, -0.25) is 4.90 Å². The first-order valence-corrected chi connectivity index (χ1v) is 8.10. The lowest BCUT2D eigenvalue weighted by molar-refractivity contribution is 0.134. The highest BCUT2D eigenvalue weighted by Gasteiger charge is 2.26. The van der Waals surface area contributed by atoms with Crippen LogP contribution in [0.25, 0.3) is 0 Å². The zero-order valence-electron chi connectivity index (χ0n) is 14.1. The molecule has 0 radical (unpaired) electrons. The average Bonchev–Trinajstić information content (AvgIpc) is 2.39. The molecule has 0 saturated heterocycles. The lowest BCUT2D eigenvalue weighted by Gasteiger charge is -2.38. The summed E-state index contributed by atoms with van der Waals surface area (Å²) in [5, 5.41) is 0. The monoisotopic (exact) mass is 294 g/mol. The van der Waals surface area contributed by atoms with E-state index in [1.807, 2.05) is 12.1 Å². The van der Waals surface area contributed by atoms with E-state index in [1.165, 1.54) is 12.1 Å². The van der Waals surface area contributed by atoms with E-state index in [2.05, 4.69) is 39.5 Å². The fraction of sp³-hybridized carbons (Fsp3) is 0.667. The topological polar surface area (TPSA) is 29.3 Å². The smallest absolute Gasteiger partial charge is 0.123 e. The minimum Gasteiger partial charge on any atom is -0.326 e. The van der Waals surface area contributed by atoms with Gasteiger partial charge >= 0.3 is 0 Å². The first-order chi connectivity index (χ1) is 9.85. The number of benzene rings is 1. The van der Waals surface area contributed by atoms with Gasteiger partial charge in [-0.1, -0.05) is 46.8 Å². The molecule has 21 heavy (non-hydrogen) atoms. The predicted octanol–water partition coefficient (Wildman–Crippen LogP) is 4.22. The highest BCUT2D eigenvalue weighted by Crippen LogP contribution is 2.27. The molecule has 3 heteroatoms. The molecule has 0 aliphatic carbocycles. The number of hydrogen-bond donors (Lipinski definition) is 1. The van der Waals surface area contributed by atoms with Crippen molar-refractivity contribution in [3.8, 4) is 0 Å². The molecule has 0 aliphatic heterocycles. The van der Waals surface area contributed by atoms with E-state index < -0.39 is 0 Å². The van der Waals surface area contributed by atoms with Crippen LogP contribution in [-0.2, 0) is 0 Å². The van der Waals surface area contributed by atoms with E-state index in [0.29, 0.717) is 11.8 Å². The summed E-state index contributed by atoms with van der Waals surface area (Å²) in [5.41, 5.74) is 7.52. The maximum absolute atomic E-state index is 13.2. The molecule has 2 atom stereocenters. The summed E-state index contributed by atoms with van der Waals surface area (Å²) in [5.74, 6) is 0.966. The highest BCUT2D eigenvalue weighted by atomic mass is 19.1. The molecule has 0 amide bonds. The Morgan fingerprint density at radius 3 is 1.86 bits per heavy atom. The maximum Gasteiger partial charge on any atom is 0.123 e. The van der Waals surface area contributed by atoms with Crippen LogP contribution in [0.3, 0.4) is 0 Å². The summed E-state index contributed by atoms with van der Waals surface area (Å²) in [6, 6.07) is 7.04. The fourth-order valence-corrected chi connectivity index (χ4v) is 2.85. The molecular weight excluding hydrogens is 263 g/mol. The molecule has 0 bridgehead atoms. The molecule has 1 aromatic carbocycles. The Morgan fingerprint density at radius 2 is 1.48 bits per heavy atom. The van der Waals surface area contributed by atoms with Gasteiger partial charge in [0.25, 0.3) is 0 Å². The van der Waals surface area contributed by atoms with Crippen LogP contribution in [0.1, 0.15) is 52.6 Å². The van der Waals surface area contributed by atoms with Crippen molar-refractivity contribution >= 4 is 0 Å². The van der Waals surface area contributed by atoms with Gasteiger partial charge in [0.1, 0.15) is 5.82 Å². The van der Waals surface area contributed by atoms with Crippen LogP contribution in [0.4, 0.5) is 4.39 Å². The standard InChI is InChI=1S/C18H31FN2/c1-6-17(20)18(15-7-9-16(19)10-8-15)21(11-13(2)3)12-14(4)5/h7-10,13-14,17-18H,6,11-12,20H2,1-5H3. The zero-order valence-corrected chi connectivity index (χ0v) is 14.1. The van der Waals surface area contributed by atoms with Gasteiger partial charge < -0.3 is 5.73 Å². The molecule has 0 aromatic heterocycles. The predicted molar refractivity (Wildman–Crippen MR) is 88.7 cm³/mol. The summed E-state index contributed by atoms with van der Waals surface area (Å²) in [6.07, 6.45) is 0.911. The summed E-state index contributed by atoms with van der Waals surface area (Å²) in [4.78, 5) is 2.47. The van der Waals surface area contributed by atoms with E-state index in [0.717, 1.165) is 25.1 Å². The van der Waals surface area contributed by atoms with Crippen LogP contribution in [-0.4, -0.2) is 24.0 Å². The maximum atomic E-state index is 13.2. The summed E-state index contributed by atoms with van der Waals surface area (Å²) in [6.45, 7) is 13.0. The van der Waals surface area contributed by atoms with Gasteiger partial charge in [0, 0.05) is 25.2 Å². The van der Waals surface area contributed by atoms with Crippen molar-refractivity contribution in [2.45, 2.75) is 53.1 Å². The van der Waals surface area contributed by atoms with Crippen LogP contribution in [0.2, 0.25) is 0 Å². The first kappa shape index (κ1) is 18.1. The largest absolute Gasteiger partial charge is 0.326 e. The van der Waals surface area contributed by atoms with Gasteiger partial charge in [-0.15, -0.1) is 0 Å². The second-order valence-corrected chi connectivity index (χ2v) is 6.81. The fourth-order valence-electron chi connectivity index (χ4n) is 2.85. The van der Waals surface area contributed by atoms with Crippen LogP contribution < -0.4 is 5.73 Å². The van der Waals surface area contributed by atoms with Crippen molar-refractivity contribution in [3.63, 3.8) is 0 Å². The molecule has 120 valence electrons. The average molecular weight is 294 g/mol. The number of nitrogens with two attached hydrogens (primary N) is 1. The van der Waals surface area contributed by atoms with Crippen molar-refractivity contribution in [3.05, 3.63) is 35.6 Å². The normalized spacial score (nSPS) is 15.0.